The molecule has 0 amide bonds. The van der Waals surface area contributed by atoms with Crippen molar-refractivity contribution in [3.63, 3.8) is 0 Å². The third-order valence-electron chi connectivity index (χ3n) is 3.22. The summed E-state index contributed by atoms with van der Waals surface area (Å²) < 4.78 is 4.64. The quantitative estimate of drug-likeness (QED) is 0.535. The number of cyclic esters (lactones) is 2. The number of esters is 2. The van der Waals surface area contributed by atoms with Crippen LogP contribution in [0.3, 0.4) is 0 Å². The Balaban J connectivity index is 2.96. The van der Waals surface area contributed by atoms with Crippen molar-refractivity contribution < 1.29 is 14.3 Å². The lowest BCUT2D eigenvalue weighted by molar-refractivity contribution is 0.0443. The monoisotopic (exact) mass is 216 g/mol. The number of hydrogen-bond acceptors (Lipinski definition) is 3. The summed E-state index contributed by atoms with van der Waals surface area (Å²) in [4.78, 5) is 23.1. The summed E-state index contributed by atoms with van der Waals surface area (Å²) in [6, 6.07) is 0. The van der Waals surface area contributed by atoms with E-state index in [1.54, 1.807) is 6.08 Å². The lowest BCUT2D eigenvalue weighted by Gasteiger charge is -2.12. The molecule has 0 aromatic heterocycles. The van der Waals surface area contributed by atoms with Gasteiger partial charge >= 0.3 is 11.9 Å². The van der Waals surface area contributed by atoms with E-state index >= 15 is 0 Å². The molecule has 0 saturated heterocycles. The summed E-state index contributed by atoms with van der Waals surface area (Å²) in [6.07, 6.45) is 1.60. The van der Waals surface area contributed by atoms with E-state index in [0.29, 0.717) is 16.7 Å². The number of benzene rings is 1. The Morgan fingerprint density at radius 1 is 0.938 bits per heavy atom. The maximum absolute atomic E-state index is 11.6. The molecule has 0 N–H and O–H groups in total. The first-order chi connectivity index (χ1) is 7.49. The molecule has 0 atom stereocenters. The first-order valence-electron chi connectivity index (χ1n) is 5.01. The van der Waals surface area contributed by atoms with Crippen LogP contribution in [-0.2, 0) is 4.74 Å². The van der Waals surface area contributed by atoms with Gasteiger partial charge in [0, 0.05) is 0 Å². The van der Waals surface area contributed by atoms with Crippen LogP contribution >= 0.6 is 0 Å². The Labute approximate surface area is 93.7 Å². The summed E-state index contributed by atoms with van der Waals surface area (Å²) in [6.45, 7) is 9.34. The van der Waals surface area contributed by atoms with Gasteiger partial charge in [-0.3, -0.25) is 0 Å². The number of carbonyl (C=O) groups is 2. The normalized spacial score (nSPS) is 13.7. The summed E-state index contributed by atoms with van der Waals surface area (Å²) in [5, 5.41) is 0. The number of rotatable bonds is 1. The summed E-state index contributed by atoms with van der Waals surface area (Å²) in [5.41, 5.74) is 4.24. The third-order valence-corrected chi connectivity index (χ3v) is 3.22. The van der Waals surface area contributed by atoms with Crippen molar-refractivity contribution in [3.8, 4) is 0 Å². The molecule has 0 bridgehead atoms. The fourth-order valence-corrected chi connectivity index (χ4v) is 2.09. The Bertz CT molecular complexity index is 539. The second kappa shape index (κ2) is 3.30. The summed E-state index contributed by atoms with van der Waals surface area (Å²) in [7, 11) is 0. The van der Waals surface area contributed by atoms with Crippen LogP contribution in [0, 0.1) is 20.8 Å². The van der Waals surface area contributed by atoms with Crippen molar-refractivity contribution in [2.24, 2.45) is 0 Å². The van der Waals surface area contributed by atoms with Gasteiger partial charge in [0.05, 0.1) is 11.1 Å². The number of ether oxygens (including phenoxy) is 1. The largest absolute Gasteiger partial charge is 0.386 e. The van der Waals surface area contributed by atoms with Gasteiger partial charge in [0.1, 0.15) is 0 Å². The fourth-order valence-electron chi connectivity index (χ4n) is 2.09. The second-order valence-electron chi connectivity index (χ2n) is 3.92. The van der Waals surface area contributed by atoms with E-state index < -0.39 is 11.9 Å². The molecular formula is C13H12O3. The number of carbonyl (C=O) groups excluding carboxylic acids is 2. The molecule has 0 spiro atoms. The minimum Gasteiger partial charge on any atom is -0.386 e. The topological polar surface area (TPSA) is 43.4 Å². The lowest BCUT2D eigenvalue weighted by Crippen LogP contribution is -2.04. The predicted molar refractivity (Wildman–Crippen MR) is 60.5 cm³/mol. The van der Waals surface area contributed by atoms with E-state index in [0.717, 1.165) is 16.7 Å². The Morgan fingerprint density at radius 3 is 2.06 bits per heavy atom. The third kappa shape index (κ3) is 1.14. The Kier molecular flexibility index (Phi) is 2.19. The molecule has 3 heteroatoms. The van der Waals surface area contributed by atoms with Gasteiger partial charge in [-0.05, 0) is 43.0 Å². The highest BCUT2D eigenvalue weighted by molar-refractivity contribution is 6.17. The lowest BCUT2D eigenvalue weighted by atomic mass is 9.89. The highest BCUT2D eigenvalue weighted by Crippen LogP contribution is 2.32. The smallest absolute Gasteiger partial charge is 0.347 e. The molecule has 82 valence electrons. The van der Waals surface area contributed by atoms with E-state index in [-0.39, 0.29) is 0 Å². The summed E-state index contributed by atoms with van der Waals surface area (Å²) >= 11 is 0. The van der Waals surface area contributed by atoms with Crippen molar-refractivity contribution in [2.75, 3.05) is 0 Å². The maximum Gasteiger partial charge on any atom is 0.347 e. The molecule has 0 aliphatic carbocycles. The van der Waals surface area contributed by atoms with Crippen LogP contribution in [0.1, 0.15) is 43.0 Å². The zero-order valence-corrected chi connectivity index (χ0v) is 9.51. The zero-order valence-electron chi connectivity index (χ0n) is 9.51. The van der Waals surface area contributed by atoms with Gasteiger partial charge in [0.15, 0.2) is 0 Å². The van der Waals surface area contributed by atoms with Crippen molar-refractivity contribution >= 4 is 18.0 Å². The minimum absolute atomic E-state index is 0.362. The summed E-state index contributed by atoms with van der Waals surface area (Å²) in [5.74, 6) is -1.12. The van der Waals surface area contributed by atoms with E-state index in [9.17, 15) is 9.59 Å². The van der Waals surface area contributed by atoms with Crippen LogP contribution < -0.4 is 0 Å². The molecule has 0 unspecified atom stereocenters. The Morgan fingerprint density at radius 2 is 1.50 bits per heavy atom. The standard InChI is InChI=1S/C13H12O3/c1-5-9-7(3)6(2)8(4)10-11(9)13(15)16-12(10)14/h5H,1H2,2-4H3. The molecule has 1 heterocycles. The van der Waals surface area contributed by atoms with Crippen LogP contribution in [0.25, 0.3) is 6.08 Å². The van der Waals surface area contributed by atoms with Gasteiger partial charge in [0.25, 0.3) is 0 Å². The molecular weight excluding hydrogens is 204 g/mol. The minimum atomic E-state index is -0.568. The van der Waals surface area contributed by atoms with Crippen LogP contribution in [-0.4, -0.2) is 11.9 Å². The van der Waals surface area contributed by atoms with Gasteiger partial charge in [-0.25, -0.2) is 9.59 Å². The first-order valence-corrected chi connectivity index (χ1v) is 5.01. The number of fused-ring (bicyclic) bond motifs is 1. The molecule has 0 radical (unpaired) electrons. The van der Waals surface area contributed by atoms with Crippen LogP contribution in [0.5, 0.6) is 0 Å². The Hall–Kier alpha value is -1.90. The average Bonchev–Trinajstić information content (AvgIpc) is 2.52. The molecule has 16 heavy (non-hydrogen) atoms. The molecule has 1 aromatic carbocycles. The van der Waals surface area contributed by atoms with Crippen molar-refractivity contribution in [3.05, 3.63) is 40.0 Å². The molecule has 0 fully saturated rings. The molecule has 1 aliphatic rings. The van der Waals surface area contributed by atoms with Crippen molar-refractivity contribution in [1.82, 2.24) is 0 Å². The van der Waals surface area contributed by atoms with Crippen molar-refractivity contribution in [1.29, 1.82) is 0 Å². The van der Waals surface area contributed by atoms with Gasteiger partial charge in [-0.1, -0.05) is 12.7 Å². The van der Waals surface area contributed by atoms with Crippen LogP contribution in [0.15, 0.2) is 6.58 Å². The van der Waals surface area contributed by atoms with Crippen LogP contribution in [0.2, 0.25) is 0 Å². The van der Waals surface area contributed by atoms with E-state index in [1.807, 2.05) is 20.8 Å². The maximum atomic E-state index is 11.6. The van der Waals surface area contributed by atoms with E-state index in [4.69, 9.17) is 0 Å². The van der Waals surface area contributed by atoms with Gasteiger partial charge in [0.2, 0.25) is 0 Å². The molecule has 0 saturated carbocycles. The SMILES string of the molecule is C=Cc1c(C)c(C)c(C)c2c1C(=O)OC2=O. The van der Waals surface area contributed by atoms with E-state index in [1.165, 1.54) is 0 Å². The number of hydrogen-bond donors (Lipinski definition) is 0. The molecule has 1 aromatic rings. The molecule has 2 rings (SSSR count). The second-order valence-corrected chi connectivity index (χ2v) is 3.92. The van der Waals surface area contributed by atoms with Gasteiger partial charge in [-0.15, -0.1) is 0 Å². The molecule has 3 nitrogen and oxygen atoms in total. The van der Waals surface area contributed by atoms with Crippen LogP contribution in [0.4, 0.5) is 0 Å². The fraction of sp³-hybridized carbons (Fsp3) is 0.231. The van der Waals surface area contributed by atoms with Crippen molar-refractivity contribution in [2.45, 2.75) is 20.8 Å². The predicted octanol–water partition coefficient (Wildman–Crippen LogP) is 2.57. The van der Waals surface area contributed by atoms with Gasteiger partial charge in [-0.2, -0.15) is 0 Å². The first kappa shape index (κ1) is 10.6. The zero-order chi connectivity index (χ0) is 12.0. The highest BCUT2D eigenvalue weighted by atomic mass is 16.6. The van der Waals surface area contributed by atoms with E-state index in [2.05, 4.69) is 11.3 Å². The molecule has 1 aliphatic heterocycles. The van der Waals surface area contributed by atoms with Gasteiger partial charge < -0.3 is 4.74 Å². The highest BCUT2D eigenvalue weighted by Gasteiger charge is 2.35. The average molecular weight is 216 g/mol.